The molecule has 1 amide bonds. The molecule has 0 saturated carbocycles. The number of aromatic nitrogens is 1. The number of piperazine rings is 1. The second-order valence-electron chi connectivity index (χ2n) is 6.63. The number of hydrogen-bond acceptors (Lipinski definition) is 5. The highest BCUT2D eigenvalue weighted by Crippen LogP contribution is 2.26. The van der Waals surface area contributed by atoms with E-state index in [1.165, 1.54) is 23.9 Å². The summed E-state index contributed by atoms with van der Waals surface area (Å²) < 4.78 is 18.7. The number of hydrogen-bond donors (Lipinski definition) is 0. The SMILES string of the molecule is O=C(CSc1ncc(-c2ccc(F)cc2)o1)N1CCN(c2cccc(Cl)c2)CC1. The highest BCUT2D eigenvalue weighted by molar-refractivity contribution is 7.99. The maximum absolute atomic E-state index is 13.0. The van der Waals surface area contributed by atoms with Crippen LogP contribution in [0.1, 0.15) is 0 Å². The molecule has 1 aliphatic heterocycles. The number of thioether (sulfide) groups is 1. The summed E-state index contributed by atoms with van der Waals surface area (Å²) in [7, 11) is 0. The van der Waals surface area contributed by atoms with Crippen LogP contribution in [-0.2, 0) is 4.79 Å². The zero-order valence-corrected chi connectivity index (χ0v) is 17.1. The Morgan fingerprint density at radius 2 is 1.90 bits per heavy atom. The van der Waals surface area contributed by atoms with Gasteiger partial charge >= 0.3 is 0 Å². The minimum Gasteiger partial charge on any atom is -0.431 e. The minimum absolute atomic E-state index is 0.0577. The van der Waals surface area contributed by atoms with Crippen molar-refractivity contribution in [3.05, 3.63) is 65.6 Å². The van der Waals surface area contributed by atoms with E-state index in [0.29, 0.717) is 29.1 Å². The predicted octanol–water partition coefficient (Wildman–Crippen LogP) is 4.58. The first-order chi connectivity index (χ1) is 14.1. The Kier molecular flexibility index (Phi) is 6.06. The molecule has 0 atom stereocenters. The van der Waals surface area contributed by atoms with Crippen molar-refractivity contribution >= 4 is 35.0 Å². The highest BCUT2D eigenvalue weighted by atomic mass is 35.5. The smallest absolute Gasteiger partial charge is 0.256 e. The molecule has 1 aliphatic rings. The van der Waals surface area contributed by atoms with Gasteiger partial charge in [0.1, 0.15) is 5.82 Å². The maximum Gasteiger partial charge on any atom is 0.256 e. The fraction of sp³-hybridized carbons (Fsp3) is 0.238. The number of halogens is 2. The summed E-state index contributed by atoms with van der Waals surface area (Å²) >= 11 is 7.33. The zero-order chi connectivity index (χ0) is 20.2. The van der Waals surface area contributed by atoms with Crippen molar-refractivity contribution in [2.45, 2.75) is 5.22 Å². The summed E-state index contributed by atoms with van der Waals surface area (Å²) in [6.07, 6.45) is 1.59. The van der Waals surface area contributed by atoms with E-state index in [4.69, 9.17) is 16.0 Å². The van der Waals surface area contributed by atoms with Gasteiger partial charge in [0, 0.05) is 42.5 Å². The first-order valence-electron chi connectivity index (χ1n) is 9.21. The first-order valence-corrected chi connectivity index (χ1v) is 10.6. The number of amides is 1. The van der Waals surface area contributed by atoms with Crippen LogP contribution in [0.15, 0.2) is 64.4 Å². The van der Waals surface area contributed by atoms with Gasteiger partial charge in [-0.25, -0.2) is 9.37 Å². The van der Waals surface area contributed by atoms with Crippen LogP contribution in [0.5, 0.6) is 0 Å². The molecule has 3 aromatic rings. The highest BCUT2D eigenvalue weighted by Gasteiger charge is 2.22. The lowest BCUT2D eigenvalue weighted by atomic mass is 10.2. The zero-order valence-electron chi connectivity index (χ0n) is 15.6. The van der Waals surface area contributed by atoms with Crippen molar-refractivity contribution in [2.75, 3.05) is 36.8 Å². The molecular formula is C21H19ClFN3O2S. The maximum atomic E-state index is 13.0. The number of anilines is 1. The third-order valence-corrected chi connectivity index (χ3v) is 5.80. The molecule has 150 valence electrons. The summed E-state index contributed by atoms with van der Waals surface area (Å²) in [5.74, 6) is 0.571. The monoisotopic (exact) mass is 431 g/mol. The van der Waals surface area contributed by atoms with Crippen molar-refractivity contribution < 1.29 is 13.6 Å². The van der Waals surface area contributed by atoms with E-state index in [2.05, 4.69) is 9.88 Å². The second kappa shape index (κ2) is 8.88. The molecule has 0 radical (unpaired) electrons. The Labute approximate surface area is 177 Å². The van der Waals surface area contributed by atoms with Crippen LogP contribution < -0.4 is 4.90 Å². The molecule has 0 spiro atoms. The molecule has 29 heavy (non-hydrogen) atoms. The molecule has 1 fully saturated rings. The molecule has 8 heteroatoms. The third kappa shape index (κ3) is 4.92. The molecule has 2 aromatic carbocycles. The van der Waals surface area contributed by atoms with Crippen LogP contribution >= 0.6 is 23.4 Å². The Morgan fingerprint density at radius 1 is 1.14 bits per heavy atom. The molecular weight excluding hydrogens is 413 g/mol. The normalized spacial score (nSPS) is 14.3. The first kappa shape index (κ1) is 19.8. The number of oxazole rings is 1. The topological polar surface area (TPSA) is 49.6 Å². The third-order valence-electron chi connectivity index (χ3n) is 4.74. The van der Waals surface area contributed by atoms with Crippen LogP contribution in [0.25, 0.3) is 11.3 Å². The van der Waals surface area contributed by atoms with Gasteiger partial charge in [0.15, 0.2) is 5.76 Å². The van der Waals surface area contributed by atoms with Crippen LogP contribution in [-0.4, -0.2) is 47.7 Å². The Morgan fingerprint density at radius 3 is 2.62 bits per heavy atom. The van der Waals surface area contributed by atoms with Gasteiger partial charge in [-0.3, -0.25) is 4.79 Å². The van der Waals surface area contributed by atoms with Crippen molar-refractivity contribution in [3.8, 4) is 11.3 Å². The molecule has 5 nitrogen and oxygen atoms in total. The molecule has 1 aromatic heterocycles. The van der Waals surface area contributed by atoms with Gasteiger partial charge < -0.3 is 14.2 Å². The fourth-order valence-corrected chi connectivity index (χ4v) is 4.06. The quantitative estimate of drug-likeness (QED) is 0.553. The molecule has 0 unspecified atom stereocenters. The van der Waals surface area contributed by atoms with Gasteiger partial charge in [-0.1, -0.05) is 29.4 Å². The van der Waals surface area contributed by atoms with E-state index in [1.807, 2.05) is 29.2 Å². The summed E-state index contributed by atoms with van der Waals surface area (Å²) in [6.45, 7) is 2.87. The predicted molar refractivity (Wildman–Crippen MR) is 113 cm³/mol. The van der Waals surface area contributed by atoms with Gasteiger partial charge in [0.2, 0.25) is 5.91 Å². The molecule has 1 saturated heterocycles. The van der Waals surface area contributed by atoms with Crippen molar-refractivity contribution in [3.63, 3.8) is 0 Å². The van der Waals surface area contributed by atoms with Crippen LogP contribution in [0.2, 0.25) is 5.02 Å². The number of benzene rings is 2. The molecule has 0 N–H and O–H groups in total. The lowest BCUT2D eigenvalue weighted by molar-refractivity contribution is -0.128. The lowest BCUT2D eigenvalue weighted by Gasteiger charge is -2.36. The Balaban J connectivity index is 1.28. The van der Waals surface area contributed by atoms with E-state index in [0.717, 1.165) is 24.3 Å². The van der Waals surface area contributed by atoms with Crippen molar-refractivity contribution in [1.82, 2.24) is 9.88 Å². The number of rotatable bonds is 5. The molecule has 4 rings (SSSR count). The van der Waals surface area contributed by atoms with Crippen LogP contribution in [0, 0.1) is 5.82 Å². The fourth-order valence-electron chi connectivity index (χ4n) is 3.17. The second-order valence-corrected chi connectivity index (χ2v) is 8.00. The van der Waals surface area contributed by atoms with Crippen LogP contribution in [0.4, 0.5) is 10.1 Å². The number of carbonyl (C=O) groups is 1. The van der Waals surface area contributed by atoms with Crippen molar-refractivity contribution in [2.24, 2.45) is 0 Å². The average molecular weight is 432 g/mol. The molecule has 0 bridgehead atoms. The number of carbonyl (C=O) groups excluding carboxylic acids is 1. The van der Waals surface area contributed by atoms with Gasteiger partial charge in [-0.2, -0.15) is 0 Å². The summed E-state index contributed by atoms with van der Waals surface area (Å²) in [4.78, 5) is 20.8. The van der Waals surface area contributed by atoms with Crippen LogP contribution in [0.3, 0.4) is 0 Å². The standard InChI is InChI=1S/C21H19ClFN3O2S/c22-16-2-1-3-18(12-16)25-8-10-26(11-9-25)20(27)14-29-21-24-13-19(28-21)15-4-6-17(23)7-5-15/h1-7,12-13H,8-11,14H2. The Hall–Kier alpha value is -2.51. The van der Waals surface area contributed by atoms with Gasteiger partial charge in [0.25, 0.3) is 5.22 Å². The van der Waals surface area contributed by atoms with Gasteiger partial charge in [0.05, 0.1) is 11.9 Å². The van der Waals surface area contributed by atoms with Gasteiger partial charge in [-0.05, 0) is 42.5 Å². The van der Waals surface area contributed by atoms with E-state index in [-0.39, 0.29) is 17.5 Å². The minimum atomic E-state index is -0.302. The number of nitrogens with zero attached hydrogens (tertiary/aromatic N) is 3. The van der Waals surface area contributed by atoms with E-state index < -0.39 is 0 Å². The van der Waals surface area contributed by atoms with E-state index in [9.17, 15) is 9.18 Å². The van der Waals surface area contributed by atoms with Gasteiger partial charge in [-0.15, -0.1) is 0 Å². The largest absolute Gasteiger partial charge is 0.431 e. The summed E-state index contributed by atoms with van der Waals surface area (Å²) in [6, 6.07) is 13.8. The Bertz CT molecular complexity index is 988. The van der Waals surface area contributed by atoms with E-state index in [1.54, 1.807) is 18.3 Å². The molecule has 0 aliphatic carbocycles. The van der Waals surface area contributed by atoms with E-state index >= 15 is 0 Å². The van der Waals surface area contributed by atoms with Crippen molar-refractivity contribution in [1.29, 1.82) is 0 Å². The average Bonchev–Trinajstić information content (AvgIpc) is 3.22. The summed E-state index contributed by atoms with van der Waals surface area (Å²) in [5.41, 5.74) is 1.82. The molecule has 2 heterocycles. The summed E-state index contributed by atoms with van der Waals surface area (Å²) in [5, 5.41) is 1.14. The lowest BCUT2D eigenvalue weighted by Crippen LogP contribution is -2.49.